The van der Waals surface area contributed by atoms with E-state index in [1.807, 2.05) is 0 Å². The molecule has 0 aromatic carbocycles. The second-order valence-corrected chi connectivity index (χ2v) is 7.96. The summed E-state index contributed by atoms with van der Waals surface area (Å²) in [6, 6.07) is 0.520. The van der Waals surface area contributed by atoms with Gasteiger partial charge in [-0.15, -0.1) is 6.58 Å². The summed E-state index contributed by atoms with van der Waals surface area (Å²) in [7, 11) is 0. The van der Waals surface area contributed by atoms with Gasteiger partial charge in [-0.3, -0.25) is 0 Å². The van der Waals surface area contributed by atoms with Gasteiger partial charge in [0, 0.05) is 6.04 Å². The van der Waals surface area contributed by atoms with Crippen molar-refractivity contribution >= 4 is 0 Å². The Morgan fingerprint density at radius 1 is 0.864 bits per heavy atom. The fourth-order valence-corrected chi connectivity index (χ4v) is 4.62. The smallest absolute Gasteiger partial charge is 0.0244 e. The Kier molecular flexibility index (Phi) is 8.59. The van der Waals surface area contributed by atoms with Crippen molar-refractivity contribution in [1.29, 1.82) is 0 Å². The predicted molar refractivity (Wildman–Crippen MR) is 98.2 cm³/mol. The van der Waals surface area contributed by atoms with Crippen LogP contribution in [0.1, 0.15) is 90.4 Å². The molecule has 0 amide bonds. The van der Waals surface area contributed by atoms with Crippen LogP contribution in [0.15, 0.2) is 12.7 Å². The first-order valence-electron chi connectivity index (χ1n) is 10.2. The van der Waals surface area contributed by atoms with Crippen molar-refractivity contribution in [2.24, 2.45) is 17.8 Å². The molecule has 1 heteroatoms. The minimum Gasteiger partial charge on any atom is -0.311 e. The average molecular weight is 306 g/mol. The van der Waals surface area contributed by atoms with E-state index in [0.29, 0.717) is 6.04 Å². The molecule has 1 nitrogen and oxygen atoms in total. The van der Waals surface area contributed by atoms with Crippen molar-refractivity contribution in [2.45, 2.75) is 96.4 Å². The molecule has 1 atom stereocenters. The first kappa shape index (κ1) is 18.0. The van der Waals surface area contributed by atoms with E-state index in [9.17, 15) is 0 Å². The van der Waals surface area contributed by atoms with Crippen molar-refractivity contribution in [3.8, 4) is 0 Å². The lowest BCUT2D eigenvalue weighted by atomic mass is 9.76. The Hall–Kier alpha value is -0.300. The third kappa shape index (κ3) is 6.44. The zero-order valence-electron chi connectivity index (χ0n) is 15.0. The van der Waals surface area contributed by atoms with Crippen LogP contribution in [0.5, 0.6) is 0 Å². The van der Waals surface area contributed by atoms with E-state index in [0.717, 1.165) is 24.2 Å². The lowest BCUT2D eigenvalue weighted by Crippen LogP contribution is -2.29. The lowest BCUT2D eigenvalue weighted by molar-refractivity contribution is 0.227. The molecule has 2 fully saturated rings. The molecule has 2 saturated carbocycles. The summed E-state index contributed by atoms with van der Waals surface area (Å²) in [6.45, 7) is 7.32. The third-order valence-electron chi connectivity index (χ3n) is 6.36. The highest BCUT2D eigenvalue weighted by atomic mass is 14.9. The van der Waals surface area contributed by atoms with Gasteiger partial charge in [0.1, 0.15) is 0 Å². The molecule has 0 heterocycles. The van der Waals surface area contributed by atoms with E-state index in [2.05, 4.69) is 24.9 Å². The molecular weight excluding hydrogens is 266 g/mol. The highest BCUT2D eigenvalue weighted by molar-refractivity contribution is 4.84. The van der Waals surface area contributed by atoms with Gasteiger partial charge in [0.25, 0.3) is 0 Å². The minimum atomic E-state index is 0.520. The van der Waals surface area contributed by atoms with Gasteiger partial charge in [-0.2, -0.15) is 0 Å². The molecule has 0 aliphatic heterocycles. The number of hydrogen-bond acceptors (Lipinski definition) is 1. The van der Waals surface area contributed by atoms with E-state index in [1.165, 1.54) is 83.6 Å². The van der Waals surface area contributed by atoms with Gasteiger partial charge in [0.05, 0.1) is 0 Å². The molecule has 2 aliphatic rings. The van der Waals surface area contributed by atoms with Gasteiger partial charge in [-0.1, -0.05) is 83.6 Å². The molecule has 128 valence electrons. The van der Waals surface area contributed by atoms with Crippen LogP contribution in [0, 0.1) is 17.8 Å². The molecular formula is C21H39N. The maximum Gasteiger partial charge on any atom is 0.0244 e. The fraction of sp³-hybridized carbons (Fsp3) is 0.905. The molecule has 22 heavy (non-hydrogen) atoms. The van der Waals surface area contributed by atoms with Crippen LogP contribution in [0.25, 0.3) is 0 Å². The molecule has 1 unspecified atom stereocenters. The van der Waals surface area contributed by atoms with Crippen LogP contribution in [-0.4, -0.2) is 12.6 Å². The summed E-state index contributed by atoms with van der Waals surface area (Å²) >= 11 is 0. The second-order valence-electron chi connectivity index (χ2n) is 7.96. The van der Waals surface area contributed by atoms with Crippen LogP contribution >= 0.6 is 0 Å². The monoisotopic (exact) mass is 305 g/mol. The maximum absolute atomic E-state index is 3.90. The minimum absolute atomic E-state index is 0.520. The van der Waals surface area contributed by atoms with E-state index in [4.69, 9.17) is 0 Å². The average Bonchev–Trinajstić information content (AvgIpc) is 2.59. The Morgan fingerprint density at radius 3 is 1.95 bits per heavy atom. The summed E-state index contributed by atoms with van der Waals surface area (Å²) in [5, 5.41) is 3.63. The van der Waals surface area contributed by atoms with Crippen molar-refractivity contribution in [3.05, 3.63) is 12.7 Å². The zero-order chi connectivity index (χ0) is 15.6. The van der Waals surface area contributed by atoms with Gasteiger partial charge in [-0.25, -0.2) is 0 Å². The SMILES string of the molecule is C=CC(CC)NCCC1CCC(CCC2CCCCC2)CC1. The van der Waals surface area contributed by atoms with Crippen LogP contribution in [0.4, 0.5) is 0 Å². The summed E-state index contributed by atoms with van der Waals surface area (Å²) in [5.41, 5.74) is 0. The Morgan fingerprint density at radius 2 is 1.41 bits per heavy atom. The molecule has 0 saturated heterocycles. The summed E-state index contributed by atoms with van der Waals surface area (Å²) in [5.74, 6) is 3.13. The van der Waals surface area contributed by atoms with Crippen LogP contribution in [0.3, 0.4) is 0 Å². The molecule has 0 radical (unpaired) electrons. The Labute approximate surface area is 139 Å². The molecule has 2 rings (SSSR count). The van der Waals surface area contributed by atoms with Gasteiger partial charge >= 0.3 is 0 Å². The first-order chi connectivity index (χ1) is 10.8. The van der Waals surface area contributed by atoms with Crippen LogP contribution in [-0.2, 0) is 0 Å². The topological polar surface area (TPSA) is 12.0 Å². The normalized spacial score (nSPS) is 28.4. The molecule has 0 aromatic rings. The third-order valence-corrected chi connectivity index (χ3v) is 6.36. The lowest BCUT2D eigenvalue weighted by Gasteiger charge is -2.30. The van der Waals surface area contributed by atoms with Gasteiger partial charge in [0.2, 0.25) is 0 Å². The molecule has 2 aliphatic carbocycles. The molecule has 0 spiro atoms. The van der Waals surface area contributed by atoms with E-state index >= 15 is 0 Å². The summed E-state index contributed by atoms with van der Waals surface area (Å²) < 4.78 is 0. The highest BCUT2D eigenvalue weighted by Gasteiger charge is 2.22. The first-order valence-corrected chi connectivity index (χ1v) is 10.2. The molecule has 0 aromatic heterocycles. The van der Waals surface area contributed by atoms with Gasteiger partial charge < -0.3 is 5.32 Å². The van der Waals surface area contributed by atoms with Crippen molar-refractivity contribution in [1.82, 2.24) is 5.32 Å². The number of rotatable bonds is 9. The fourth-order valence-electron chi connectivity index (χ4n) is 4.62. The molecule has 1 N–H and O–H groups in total. The quantitative estimate of drug-likeness (QED) is 0.508. The number of nitrogens with one attached hydrogen (secondary N) is 1. The maximum atomic E-state index is 3.90. The summed E-state index contributed by atoms with van der Waals surface area (Å²) in [6.07, 6.45) is 21.2. The van der Waals surface area contributed by atoms with Crippen molar-refractivity contribution < 1.29 is 0 Å². The van der Waals surface area contributed by atoms with E-state index in [1.54, 1.807) is 0 Å². The highest BCUT2D eigenvalue weighted by Crippen LogP contribution is 2.36. The van der Waals surface area contributed by atoms with E-state index in [-0.39, 0.29) is 0 Å². The second kappa shape index (κ2) is 10.5. The zero-order valence-corrected chi connectivity index (χ0v) is 15.0. The summed E-state index contributed by atoms with van der Waals surface area (Å²) in [4.78, 5) is 0. The Balaban J connectivity index is 1.52. The predicted octanol–water partition coefficient (Wildman–Crippen LogP) is 6.10. The Bertz CT molecular complexity index is 284. The van der Waals surface area contributed by atoms with Gasteiger partial charge in [-0.05, 0) is 37.1 Å². The number of hydrogen-bond donors (Lipinski definition) is 1. The van der Waals surface area contributed by atoms with Crippen LogP contribution in [0.2, 0.25) is 0 Å². The standard InChI is InChI=1S/C21H39N/c1-3-21(4-2)22-17-16-20-14-12-19(13-15-20)11-10-18-8-6-5-7-9-18/h3,18-22H,1,4-17H2,2H3. The van der Waals surface area contributed by atoms with Crippen molar-refractivity contribution in [2.75, 3.05) is 6.54 Å². The van der Waals surface area contributed by atoms with E-state index < -0.39 is 0 Å². The van der Waals surface area contributed by atoms with Crippen LogP contribution < -0.4 is 5.32 Å². The van der Waals surface area contributed by atoms with Crippen molar-refractivity contribution in [3.63, 3.8) is 0 Å². The molecule has 0 bridgehead atoms. The largest absolute Gasteiger partial charge is 0.311 e. The van der Waals surface area contributed by atoms with Gasteiger partial charge in [0.15, 0.2) is 0 Å².